The van der Waals surface area contributed by atoms with Gasteiger partial charge < -0.3 is 9.64 Å². The zero-order chi connectivity index (χ0) is 22.6. The summed E-state index contributed by atoms with van der Waals surface area (Å²) in [4.78, 5) is 2.26. The second kappa shape index (κ2) is 7.10. The lowest BCUT2D eigenvalue weighted by Gasteiger charge is -2.32. The molecule has 6 aromatic rings. The van der Waals surface area contributed by atoms with E-state index in [4.69, 9.17) is 4.74 Å². The van der Waals surface area contributed by atoms with E-state index in [1.807, 2.05) is 60.7 Å². The van der Waals surface area contributed by atoms with Gasteiger partial charge in [0.1, 0.15) is 0 Å². The number of benzene rings is 6. The van der Waals surface area contributed by atoms with Gasteiger partial charge in [0.25, 0.3) is 0 Å². The second-order valence-electron chi connectivity index (χ2n) is 8.56. The lowest BCUT2D eigenvalue weighted by atomic mass is 9.95. The first-order chi connectivity index (χ1) is 16.8. The smallest absolute Gasteiger partial charge is 0.151 e. The predicted octanol–water partition coefficient (Wildman–Crippen LogP) is 8.59. The molecule has 158 valence electrons. The van der Waals surface area contributed by atoms with E-state index in [9.17, 15) is 5.26 Å². The molecule has 0 saturated heterocycles. The van der Waals surface area contributed by atoms with E-state index >= 15 is 0 Å². The second-order valence-corrected chi connectivity index (χ2v) is 8.56. The van der Waals surface area contributed by atoms with Gasteiger partial charge >= 0.3 is 0 Å². The Morgan fingerprint density at radius 1 is 0.559 bits per heavy atom. The quantitative estimate of drug-likeness (QED) is 0.192. The highest BCUT2D eigenvalue weighted by atomic mass is 16.5. The first-order valence-electron chi connectivity index (χ1n) is 11.3. The standard InChI is InChI=1S/C31H18N2O/c32-19-23-16-22-15-20-13-14-24(17-21(20)18-27(22)26-8-2-1-7-25(23)26)33-28-9-3-5-11-30(28)34-31-12-6-4-10-29(31)33/h1-18H. The fourth-order valence-corrected chi connectivity index (χ4v) is 5.06. The van der Waals surface area contributed by atoms with Gasteiger partial charge in [-0.05, 0) is 81.5 Å². The van der Waals surface area contributed by atoms with Gasteiger partial charge in [-0.3, -0.25) is 0 Å². The summed E-state index contributed by atoms with van der Waals surface area (Å²) in [6.07, 6.45) is 0. The van der Waals surface area contributed by atoms with Crippen LogP contribution in [0.2, 0.25) is 0 Å². The van der Waals surface area contributed by atoms with E-state index in [1.165, 1.54) is 0 Å². The van der Waals surface area contributed by atoms with Crippen molar-refractivity contribution in [3.63, 3.8) is 0 Å². The van der Waals surface area contributed by atoms with Crippen LogP contribution in [-0.4, -0.2) is 0 Å². The average molecular weight is 434 g/mol. The molecular formula is C31H18N2O. The Morgan fingerprint density at radius 3 is 1.97 bits per heavy atom. The van der Waals surface area contributed by atoms with Crippen molar-refractivity contribution < 1.29 is 4.74 Å². The number of nitriles is 1. The highest BCUT2D eigenvalue weighted by Gasteiger charge is 2.25. The molecule has 0 bridgehead atoms. The van der Waals surface area contributed by atoms with Gasteiger partial charge in [0.15, 0.2) is 11.5 Å². The maximum atomic E-state index is 9.68. The lowest BCUT2D eigenvalue weighted by molar-refractivity contribution is 0.477. The summed E-state index contributed by atoms with van der Waals surface area (Å²) in [6.45, 7) is 0. The fraction of sp³-hybridized carbons (Fsp3) is 0. The normalized spacial score (nSPS) is 12.3. The number of anilines is 3. The van der Waals surface area contributed by atoms with Gasteiger partial charge in [-0.2, -0.15) is 5.26 Å². The number of nitrogens with zero attached hydrogens (tertiary/aromatic N) is 2. The van der Waals surface area contributed by atoms with Crippen molar-refractivity contribution in [3.8, 4) is 17.6 Å². The lowest BCUT2D eigenvalue weighted by Crippen LogP contribution is -2.15. The van der Waals surface area contributed by atoms with Crippen LogP contribution < -0.4 is 9.64 Å². The molecule has 0 unspecified atom stereocenters. The SMILES string of the molecule is N#Cc1cc2cc3ccc(N4c5ccccc5Oc5ccccc54)cc3cc2c2ccccc12. The summed E-state index contributed by atoms with van der Waals surface area (Å²) in [7, 11) is 0. The van der Waals surface area contributed by atoms with Crippen LogP contribution in [0.5, 0.6) is 11.5 Å². The van der Waals surface area contributed by atoms with Crippen molar-refractivity contribution in [2.75, 3.05) is 4.90 Å². The molecule has 0 aliphatic carbocycles. The monoisotopic (exact) mass is 434 g/mol. The van der Waals surface area contributed by atoms with Crippen molar-refractivity contribution in [1.29, 1.82) is 5.26 Å². The highest BCUT2D eigenvalue weighted by Crippen LogP contribution is 2.50. The maximum Gasteiger partial charge on any atom is 0.151 e. The minimum atomic E-state index is 0.709. The number of ether oxygens (including phenoxy) is 1. The van der Waals surface area contributed by atoms with Gasteiger partial charge in [0.2, 0.25) is 0 Å². The third-order valence-corrected chi connectivity index (χ3v) is 6.61. The highest BCUT2D eigenvalue weighted by molar-refractivity contribution is 6.14. The van der Waals surface area contributed by atoms with Crippen LogP contribution >= 0.6 is 0 Å². The number of hydrogen-bond donors (Lipinski definition) is 0. The van der Waals surface area contributed by atoms with Crippen LogP contribution in [0.15, 0.2) is 109 Å². The molecule has 0 amide bonds. The Kier molecular flexibility index (Phi) is 3.91. The average Bonchev–Trinajstić information content (AvgIpc) is 2.90. The van der Waals surface area contributed by atoms with Crippen LogP contribution in [0.3, 0.4) is 0 Å². The Balaban J connectivity index is 1.49. The van der Waals surface area contributed by atoms with E-state index in [-0.39, 0.29) is 0 Å². The molecule has 0 fully saturated rings. The molecule has 6 aromatic carbocycles. The number of hydrogen-bond acceptors (Lipinski definition) is 3. The number of rotatable bonds is 1. The molecule has 0 N–H and O–H groups in total. The summed E-state index contributed by atoms with van der Waals surface area (Å²) >= 11 is 0. The van der Waals surface area contributed by atoms with E-state index in [0.717, 1.165) is 60.9 Å². The number of fused-ring (bicyclic) bond motifs is 6. The van der Waals surface area contributed by atoms with Crippen molar-refractivity contribution in [1.82, 2.24) is 0 Å². The van der Waals surface area contributed by atoms with Crippen molar-refractivity contribution in [2.24, 2.45) is 0 Å². The topological polar surface area (TPSA) is 36.3 Å². The number of para-hydroxylation sites is 4. The van der Waals surface area contributed by atoms with Crippen LogP contribution in [0.4, 0.5) is 17.1 Å². The van der Waals surface area contributed by atoms with E-state index in [2.05, 4.69) is 59.5 Å². The van der Waals surface area contributed by atoms with Gasteiger partial charge in [-0.15, -0.1) is 0 Å². The van der Waals surface area contributed by atoms with Gasteiger partial charge in [-0.25, -0.2) is 0 Å². The first kappa shape index (κ1) is 18.7. The van der Waals surface area contributed by atoms with Crippen LogP contribution in [0.25, 0.3) is 32.3 Å². The maximum absolute atomic E-state index is 9.68. The van der Waals surface area contributed by atoms with E-state index in [1.54, 1.807) is 0 Å². The Hall–Kier alpha value is -4.81. The van der Waals surface area contributed by atoms with Crippen LogP contribution in [0.1, 0.15) is 5.56 Å². The van der Waals surface area contributed by atoms with Gasteiger partial charge in [0, 0.05) is 11.1 Å². The van der Waals surface area contributed by atoms with E-state index in [0.29, 0.717) is 5.56 Å². The Labute approximate surface area is 196 Å². The molecule has 3 heteroatoms. The molecule has 0 aromatic heterocycles. The van der Waals surface area contributed by atoms with Gasteiger partial charge in [0.05, 0.1) is 23.0 Å². The van der Waals surface area contributed by atoms with E-state index < -0.39 is 0 Å². The van der Waals surface area contributed by atoms with Gasteiger partial charge in [-0.1, -0.05) is 54.6 Å². The molecule has 1 aliphatic rings. The molecular weight excluding hydrogens is 416 g/mol. The molecule has 1 heterocycles. The third-order valence-electron chi connectivity index (χ3n) is 6.61. The molecule has 34 heavy (non-hydrogen) atoms. The largest absolute Gasteiger partial charge is 0.453 e. The summed E-state index contributed by atoms with van der Waals surface area (Å²) in [6, 6.07) is 39.7. The molecule has 0 spiro atoms. The zero-order valence-corrected chi connectivity index (χ0v) is 18.2. The van der Waals surface area contributed by atoms with Crippen LogP contribution in [0, 0.1) is 11.3 Å². The minimum Gasteiger partial charge on any atom is -0.453 e. The van der Waals surface area contributed by atoms with Crippen molar-refractivity contribution >= 4 is 49.4 Å². The zero-order valence-electron chi connectivity index (χ0n) is 18.2. The molecule has 7 rings (SSSR count). The molecule has 3 nitrogen and oxygen atoms in total. The summed E-state index contributed by atoms with van der Waals surface area (Å²) < 4.78 is 6.18. The molecule has 1 aliphatic heterocycles. The molecule has 0 saturated carbocycles. The summed E-state index contributed by atoms with van der Waals surface area (Å²) in [5.41, 5.74) is 3.82. The molecule has 0 atom stereocenters. The summed E-state index contributed by atoms with van der Waals surface area (Å²) in [5.74, 6) is 1.68. The Bertz CT molecular complexity index is 1770. The van der Waals surface area contributed by atoms with Crippen molar-refractivity contribution in [2.45, 2.75) is 0 Å². The Morgan fingerprint density at radius 2 is 1.24 bits per heavy atom. The fourth-order valence-electron chi connectivity index (χ4n) is 5.06. The molecule has 0 radical (unpaired) electrons. The third kappa shape index (κ3) is 2.69. The first-order valence-corrected chi connectivity index (χ1v) is 11.3. The predicted molar refractivity (Wildman–Crippen MR) is 138 cm³/mol. The van der Waals surface area contributed by atoms with Crippen LogP contribution in [-0.2, 0) is 0 Å². The summed E-state index contributed by atoms with van der Waals surface area (Å²) in [5, 5.41) is 16.3. The minimum absolute atomic E-state index is 0.709. The van der Waals surface area contributed by atoms with Crippen molar-refractivity contribution in [3.05, 3.63) is 115 Å².